The quantitative estimate of drug-likeness (QED) is 0.657. The summed E-state index contributed by atoms with van der Waals surface area (Å²) in [4.78, 5) is 15.8. The van der Waals surface area contributed by atoms with Gasteiger partial charge < -0.3 is 11.1 Å². The van der Waals surface area contributed by atoms with Gasteiger partial charge in [-0.1, -0.05) is 11.8 Å². The Hall–Kier alpha value is -1.60. The summed E-state index contributed by atoms with van der Waals surface area (Å²) in [7, 11) is 0. The SMILES string of the molecule is Nc1cc(F)ccc1NC(=O)CCSc1nccs1. The predicted molar refractivity (Wildman–Crippen MR) is 76.9 cm³/mol. The van der Waals surface area contributed by atoms with E-state index in [9.17, 15) is 9.18 Å². The van der Waals surface area contributed by atoms with Crippen molar-refractivity contribution in [1.82, 2.24) is 4.98 Å². The normalized spacial score (nSPS) is 10.4. The molecule has 0 bridgehead atoms. The van der Waals surface area contributed by atoms with Crippen LogP contribution in [0.25, 0.3) is 0 Å². The Morgan fingerprint density at radius 2 is 2.37 bits per heavy atom. The van der Waals surface area contributed by atoms with E-state index in [1.807, 2.05) is 5.38 Å². The fourth-order valence-corrected chi connectivity index (χ4v) is 3.02. The molecule has 3 N–H and O–H groups in total. The second-order valence-corrected chi connectivity index (χ2v) is 5.91. The summed E-state index contributed by atoms with van der Waals surface area (Å²) in [6.45, 7) is 0. The molecule has 0 spiro atoms. The van der Waals surface area contributed by atoms with Gasteiger partial charge in [-0.3, -0.25) is 4.79 Å². The van der Waals surface area contributed by atoms with Gasteiger partial charge in [0.2, 0.25) is 5.91 Å². The highest BCUT2D eigenvalue weighted by molar-refractivity contribution is 8.01. The number of carbonyl (C=O) groups excluding carboxylic acids is 1. The van der Waals surface area contributed by atoms with Crippen LogP contribution in [0.1, 0.15) is 6.42 Å². The second kappa shape index (κ2) is 6.53. The molecule has 19 heavy (non-hydrogen) atoms. The Morgan fingerprint density at radius 1 is 1.53 bits per heavy atom. The topological polar surface area (TPSA) is 68.0 Å². The third kappa shape index (κ3) is 4.22. The fraction of sp³-hybridized carbons (Fsp3) is 0.167. The van der Waals surface area contributed by atoms with Crippen molar-refractivity contribution in [2.24, 2.45) is 0 Å². The van der Waals surface area contributed by atoms with E-state index < -0.39 is 5.82 Å². The summed E-state index contributed by atoms with van der Waals surface area (Å²) < 4.78 is 13.8. The number of halogens is 1. The molecule has 0 aliphatic rings. The lowest BCUT2D eigenvalue weighted by Gasteiger charge is -2.07. The molecule has 0 saturated heterocycles. The van der Waals surface area contributed by atoms with Crippen molar-refractivity contribution in [2.45, 2.75) is 10.8 Å². The molecule has 1 heterocycles. The standard InChI is InChI=1S/C12H12FN3OS2/c13-8-1-2-10(9(14)7-8)16-11(17)3-5-18-12-15-4-6-19-12/h1-2,4,6-7H,3,5,14H2,(H,16,17). The van der Waals surface area contributed by atoms with Crippen molar-refractivity contribution < 1.29 is 9.18 Å². The van der Waals surface area contributed by atoms with Crippen LogP contribution in [0.5, 0.6) is 0 Å². The minimum Gasteiger partial charge on any atom is -0.397 e. The molecular formula is C12H12FN3OS2. The lowest BCUT2D eigenvalue weighted by molar-refractivity contribution is -0.115. The molecule has 7 heteroatoms. The number of hydrogen-bond donors (Lipinski definition) is 2. The van der Waals surface area contributed by atoms with Crippen molar-refractivity contribution in [2.75, 3.05) is 16.8 Å². The molecule has 2 rings (SSSR count). The van der Waals surface area contributed by atoms with Gasteiger partial charge in [0, 0.05) is 23.8 Å². The number of nitrogens with one attached hydrogen (secondary N) is 1. The monoisotopic (exact) mass is 297 g/mol. The first-order valence-corrected chi connectivity index (χ1v) is 7.39. The summed E-state index contributed by atoms with van der Waals surface area (Å²) in [5.41, 5.74) is 6.27. The maximum atomic E-state index is 12.8. The van der Waals surface area contributed by atoms with Crippen molar-refractivity contribution in [3.05, 3.63) is 35.6 Å². The van der Waals surface area contributed by atoms with Gasteiger partial charge >= 0.3 is 0 Å². The summed E-state index contributed by atoms with van der Waals surface area (Å²) in [6, 6.07) is 3.90. The number of rotatable bonds is 5. The Labute approximate surface area is 118 Å². The number of hydrogen-bond acceptors (Lipinski definition) is 5. The first kappa shape index (κ1) is 13.8. The molecule has 0 saturated carbocycles. The minimum absolute atomic E-state index is 0.151. The van der Waals surface area contributed by atoms with Gasteiger partial charge in [-0.25, -0.2) is 9.37 Å². The maximum Gasteiger partial charge on any atom is 0.225 e. The van der Waals surface area contributed by atoms with Crippen LogP contribution in [0.15, 0.2) is 34.1 Å². The second-order valence-electron chi connectivity index (χ2n) is 3.68. The maximum absolute atomic E-state index is 12.8. The fourth-order valence-electron chi connectivity index (χ4n) is 1.37. The minimum atomic E-state index is -0.421. The van der Waals surface area contributed by atoms with E-state index in [-0.39, 0.29) is 11.6 Å². The first-order chi connectivity index (χ1) is 9.15. The molecule has 4 nitrogen and oxygen atoms in total. The molecule has 1 aromatic heterocycles. The van der Waals surface area contributed by atoms with Crippen LogP contribution >= 0.6 is 23.1 Å². The van der Waals surface area contributed by atoms with Crippen LogP contribution in [0.3, 0.4) is 0 Å². The van der Waals surface area contributed by atoms with E-state index in [1.54, 1.807) is 17.5 Å². The highest BCUT2D eigenvalue weighted by atomic mass is 32.2. The van der Waals surface area contributed by atoms with Crippen LogP contribution < -0.4 is 11.1 Å². The molecule has 0 radical (unpaired) electrons. The van der Waals surface area contributed by atoms with Crippen LogP contribution in [0.2, 0.25) is 0 Å². The highest BCUT2D eigenvalue weighted by Gasteiger charge is 2.07. The van der Waals surface area contributed by atoms with Crippen LogP contribution in [-0.2, 0) is 4.79 Å². The Balaban J connectivity index is 1.80. The Bertz CT molecular complexity index is 560. The smallest absolute Gasteiger partial charge is 0.225 e. The van der Waals surface area contributed by atoms with Crippen molar-refractivity contribution in [1.29, 1.82) is 0 Å². The van der Waals surface area contributed by atoms with Crippen LogP contribution in [0, 0.1) is 5.82 Å². The van der Waals surface area contributed by atoms with Gasteiger partial charge in [0.15, 0.2) is 0 Å². The van der Waals surface area contributed by atoms with E-state index in [4.69, 9.17) is 5.73 Å². The number of thiazole rings is 1. The average molecular weight is 297 g/mol. The first-order valence-electron chi connectivity index (χ1n) is 5.52. The number of benzene rings is 1. The van der Waals surface area contributed by atoms with E-state index >= 15 is 0 Å². The van der Waals surface area contributed by atoms with Crippen molar-refractivity contribution >= 4 is 40.4 Å². The molecule has 0 aliphatic carbocycles. The zero-order valence-electron chi connectivity index (χ0n) is 9.93. The largest absolute Gasteiger partial charge is 0.397 e. The summed E-state index contributed by atoms with van der Waals surface area (Å²) >= 11 is 3.07. The van der Waals surface area contributed by atoms with E-state index in [1.165, 1.54) is 30.0 Å². The third-order valence-corrected chi connectivity index (χ3v) is 4.22. The Morgan fingerprint density at radius 3 is 3.05 bits per heavy atom. The molecular weight excluding hydrogens is 285 g/mol. The van der Waals surface area contributed by atoms with Crippen molar-refractivity contribution in [3.63, 3.8) is 0 Å². The summed E-state index contributed by atoms with van der Waals surface area (Å²) in [6.07, 6.45) is 2.08. The lowest BCUT2D eigenvalue weighted by atomic mass is 10.2. The number of amides is 1. The Kier molecular flexibility index (Phi) is 4.75. The van der Waals surface area contributed by atoms with E-state index in [0.717, 1.165) is 4.34 Å². The van der Waals surface area contributed by atoms with E-state index in [2.05, 4.69) is 10.3 Å². The molecule has 0 aliphatic heterocycles. The summed E-state index contributed by atoms with van der Waals surface area (Å²) in [5.74, 6) is 0.0673. The zero-order valence-corrected chi connectivity index (χ0v) is 11.6. The number of nitrogens with two attached hydrogens (primary N) is 1. The number of nitrogen functional groups attached to an aromatic ring is 1. The van der Waals surface area contributed by atoms with Crippen LogP contribution in [-0.4, -0.2) is 16.6 Å². The third-order valence-electron chi connectivity index (χ3n) is 2.25. The number of anilines is 2. The number of nitrogens with zero attached hydrogens (tertiary/aromatic N) is 1. The molecule has 0 unspecified atom stereocenters. The number of carbonyl (C=O) groups is 1. The molecule has 0 atom stereocenters. The van der Waals surface area contributed by atoms with Gasteiger partial charge in [0.1, 0.15) is 10.2 Å². The molecule has 2 aromatic rings. The molecule has 100 valence electrons. The molecule has 1 amide bonds. The number of aromatic nitrogens is 1. The van der Waals surface area contributed by atoms with E-state index in [0.29, 0.717) is 17.9 Å². The van der Waals surface area contributed by atoms with Gasteiger partial charge in [0.25, 0.3) is 0 Å². The van der Waals surface area contributed by atoms with Gasteiger partial charge in [-0.2, -0.15) is 0 Å². The van der Waals surface area contributed by atoms with Gasteiger partial charge in [-0.05, 0) is 18.2 Å². The van der Waals surface area contributed by atoms with Gasteiger partial charge in [0.05, 0.1) is 11.4 Å². The summed E-state index contributed by atoms with van der Waals surface area (Å²) in [5, 5.41) is 4.55. The predicted octanol–water partition coefficient (Wildman–Crippen LogP) is 2.99. The number of thioether (sulfide) groups is 1. The zero-order chi connectivity index (χ0) is 13.7. The van der Waals surface area contributed by atoms with Crippen molar-refractivity contribution in [3.8, 4) is 0 Å². The highest BCUT2D eigenvalue weighted by Crippen LogP contribution is 2.22. The average Bonchev–Trinajstić information content (AvgIpc) is 2.86. The molecule has 1 aromatic carbocycles. The van der Waals surface area contributed by atoms with Crippen LogP contribution in [0.4, 0.5) is 15.8 Å². The van der Waals surface area contributed by atoms with Gasteiger partial charge in [-0.15, -0.1) is 11.3 Å². The molecule has 0 fully saturated rings. The lowest BCUT2D eigenvalue weighted by Crippen LogP contribution is -2.13.